The van der Waals surface area contributed by atoms with E-state index in [1.165, 1.54) is 12.4 Å². The van der Waals surface area contributed by atoms with E-state index in [1.807, 2.05) is 0 Å². The summed E-state index contributed by atoms with van der Waals surface area (Å²) in [4.78, 5) is 22.1. The van der Waals surface area contributed by atoms with Crippen LogP contribution >= 0.6 is 11.6 Å². The first-order valence-corrected chi connectivity index (χ1v) is 5.42. The summed E-state index contributed by atoms with van der Waals surface area (Å²) in [6, 6.07) is 0. The number of carbonyl (C=O) groups excluding carboxylic acids is 1. The molecule has 0 radical (unpaired) electrons. The molecule has 0 aromatic carbocycles. The zero-order chi connectivity index (χ0) is 12.3. The molecule has 0 saturated heterocycles. The van der Waals surface area contributed by atoms with E-state index in [9.17, 15) is 4.79 Å². The minimum Gasteiger partial charge on any atom is -0.463 e. The topological polar surface area (TPSA) is 67.9 Å². The first-order valence-electron chi connectivity index (χ1n) is 5.04. The molecule has 2 heterocycles. The molecule has 5 nitrogen and oxygen atoms in total. The van der Waals surface area contributed by atoms with Crippen LogP contribution in [0.4, 0.5) is 0 Å². The van der Waals surface area contributed by atoms with E-state index in [1.54, 1.807) is 19.2 Å². The summed E-state index contributed by atoms with van der Waals surface area (Å²) in [6.45, 7) is 2.11. The summed E-state index contributed by atoms with van der Waals surface area (Å²) in [5.74, 6) is -0.387. The molecule has 0 unspecified atom stereocenters. The van der Waals surface area contributed by atoms with Crippen LogP contribution in [0.1, 0.15) is 12.5 Å². The molecule has 0 bridgehead atoms. The molecule has 88 valence electrons. The van der Waals surface area contributed by atoms with Crippen molar-refractivity contribution in [1.29, 1.82) is 0 Å². The maximum absolute atomic E-state index is 11.2. The lowest BCUT2D eigenvalue weighted by molar-refractivity contribution is -0.137. The Hall–Kier alpha value is -1.88. The number of halogens is 1. The van der Waals surface area contributed by atoms with Crippen LogP contribution in [0.3, 0.4) is 0 Å². The predicted octanol–water partition coefficient (Wildman–Crippen LogP) is 2.19. The van der Waals surface area contributed by atoms with Crippen LogP contribution in [0.5, 0.6) is 0 Å². The van der Waals surface area contributed by atoms with Gasteiger partial charge in [-0.2, -0.15) is 0 Å². The monoisotopic (exact) mass is 251 g/mol. The Morgan fingerprint density at radius 3 is 3.18 bits per heavy atom. The van der Waals surface area contributed by atoms with Gasteiger partial charge in [0.2, 0.25) is 0 Å². The maximum atomic E-state index is 11.2. The van der Waals surface area contributed by atoms with Crippen molar-refractivity contribution in [1.82, 2.24) is 15.0 Å². The van der Waals surface area contributed by atoms with Gasteiger partial charge in [0.25, 0.3) is 0 Å². The fraction of sp³-hybridized carbons (Fsp3) is 0.182. The molecule has 2 aromatic heterocycles. The van der Waals surface area contributed by atoms with Crippen molar-refractivity contribution in [2.75, 3.05) is 6.61 Å². The largest absolute Gasteiger partial charge is 0.463 e. The Kier molecular flexibility index (Phi) is 3.39. The minimum atomic E-state index is -0.387. The van der Waals surface area contributed by atoms with E-state index in [-0.39, 0.29) is 5.97 Å². The Morgan fingerprint density at radius 1 is 1.59 bits per heavy atom. The molecule has 0 atom stereocenters. The highest BCUT2D eigenvalue weighted by Crippen LogP contribution is 2.21. The number of nitrogens with zero attached hydrogens (tertiary/aromatic N) is 2. The standard InChI is InChI=1S/C11H10ClN3O2/c1-2-17-8(16)4-3-7-5-13-10-9(7)14-6-15-11(10)12/h3-6,13H,2H2,1H3. The number of ether oxygens (including phenoxy) is 1. The predicted molar refractivity (Wildman–Crippen MR) is 64.6 cm³/mol. The average Bonchev–Trinajstić information content (AvgIpc) is 2.72. The third-order valence-electron chi connectivity index (χ3n) is 2.13. The molecular weight excluding hydrogens is 242 g/mol. The lowest BCUT2D eigenvalue weighted by atomic mass is 10.2. The molecule has 6 heteroatoms. The van der Waals surface area contributed by atoms with Gasteiger partial charge in [0.15, 0.2) is 5.15 Å². The van der Waals surface area contributed by atoms with Gasteiger partial charge in [-0.3, -0.25) is 0 Å². The highest BCUT2D eigenvalue weighted by Gasteiger charge is 2.06. The van der Waals surface area contributed by atoms with E-state index in [0.717, 1.165) is 5.56 Å². The van der Waals surface area contributed by atoms with E-state index < -0.39 is 0 Å². The number of fused-ring (bicyclic) bond motifs is 1. The third kappa shape index (κ3) is 2.45. The highest BCUT2D eigenvalue weighted by atomic mass is 35.5. The quantitative estimate of drug-likeness (QED) is 0.516. The van der Waals surface area contributed by atoms with Crippen molar-refractivity contribution in [2.45, 2.75) is 6.92 Å². The third-order valence-corrected chi connectivity index (χ3v) is 2.42. The second-order valence-corrected chi connectivity index (χ2v) is 3.58. The minimum absolute atomic E-state index is 0.352. The van der Waals surface area contributed by atoms with E-state index in [0.29, 0.717) is 22.8 Å². The second kappa shape index (κ2) is 4.97. The van der Waals surface area contributed by atoms with Gasteiger partial charge in [0.05, 0.1) is 6.61 Å². The van der Waals surface area contributed by atoms with E-state index in [2.05, 4.69) is 15.0 Å². The van der Waals surface area contributed by atoms with Crippen LogP contribution < -0.4 is 0 Å². The molecule has 0 aliphatic carbocycles. The SMILES string of the molecule is CCOC(=O)C=Cc1c[nH]c2c(Cl)ncnc12. The van der Waals surface area contributed by atoms with E-state index in [4.69, 9.17) is 16.3 Å². The second-order valence-electron chi connectivity index (χ2n) is 3.22. The number of nitrogens with one attached hydrogen (secondary N) is 1. The summed E-state index contributed by atoms with van der Waals surface area (Å²) in [5, 5.41) is 0.353. The number of H-pyrrole nitrogens is 1. The number of aromatic amines is 1. The zero-order valence-electron chi connectivity index (χ0n) is 9.11. The van der Waals surface area contributed by atoms with Crippen LogP contribution in [0.25, 0.3) is 17.1 Å². The molecule has 0 amide bonds. The maximum Gasteiger partial charge on any atom is 0.330 e. The molecule has 17 heavy (non-hydrogen) atoms. The van der Waals surface area contributed by atoms with Crippen molar-refractivity contribution >= 4 is 34.7 Å². The molecule has 2 rings (SSSR count). The zero-order valence-corrected chi connectivity index (χ0v) is 9.86. The molecule has 0 spiro atoms. The Morgan fingerprint density at radius 2 is 2.41 bits per heavy atom. The van der Waals surface area contributed by atoms with Gasteiger partial charge in [-0.15, -0.1) is 0 Å². The first kappa shape index (κ1) is 11.6. The summed E-state index contributed by atoms with van der Waals surface area (Å²) in [7, 11) is 0. The van der Waals surface area contributed by atoms with Gasteiger partial charge in [-0.25, -0.2) is 14.8 Å². The smallest absolute Gasteiger partial charge is 0.330 e. The molecular formula is C11H10ClN3O2. The van der Waals surface area contributed by atoms with Crippen LogP contribution in [0.2, 0.25) is 5.15 Å². The molecule has 1 N–H and O–H groups in total. The van der Waals surface area contributed by atoms with Crippen molar-refractivity contribution in [3.05, 3.63) is 29.3 Å². The van der Waals surface area contributed by atoms with Crippen LogP contribution in [0.15, 0.2) is 18.6 Å². The number of hydrogen-bond acceptors (Lipinski definition) is 4. The normalized spacial score (nSPS) is 11.2. The summed E-state index contributed by atoms with van der Waals surface area (Å²) >= 11 is 5.88. The number of esters is 1. The van der Waals surface area contributed by atoms with Crippen LogP contribution in [0, 0.1) is 0 Å². The van der Waals surface area contributed by atoms with Crippen molar-refractivity contribution in [3.8, 4) is 0 Å². The molecule has 0 fully saturated rings. The molecule has 0 aliphatic heterocycles. The van der Waals surface area contributed by atoms with Gasteiger partial charge in [0, 0.05) is 17.8 Å². The molecule has 0 aliphatic rings. The van der Waals surface area contributed by atoms with Crippen molar-refractivity contribution in [2.24, 2.45) is 0 Å². The number of carbonyl (C=O) groups is 1. The lowest BCUT2D eigenvalue weighted by Gasteiger charge is -1.94. The number of rotatable bonds is 3. The Balaban J connectivity index is 2.31. The number of aromatic nitrogens is 3. The first-order chi connectivity index (χ1) is 8.22. The number of hydrogen-bond donors (Lipinski definition) is 1. The molecule has 2 aromatic rings. The molecule has 0 saturated carbocycles. The lowest BCUT2D eigenvalue weighted by Crippen LogP contribution is -1.98. The van der Waals surface area contributed by atoms with Gasteiger partial charge >= 0.3 is 5.97 Å². The van der Waals surface area contributed by atoms with Gasteiger partial charge in [-0.05, 0) is 13.0 Å². The van der Waals surface area contributed by atoms with Gasteiger partial charge in [-0.1, -0.05) is 11.6 Å². The van der Waals surface area contributed by atoms with Gasteiger partial charge in [0.1, 0.15) is 17.4 Å². The van der Waals surface area contributed by atoms with E-state index >= 15 is 0 Å². The van der Waals surface area contributed by atoms with Gasteiger partial charge < -0.3 is 9.72 Å². The average molecular weight is 252 g/mol. The summed E-state index contributed by atoms with van der Waals surface area (Å²) in [5.41, 5.74) is 2.08. The summed E-state index contributed by atoms with van der Waals surface area (Å²) in [6.07, 6.45) is 6.06. The van der Waals surface area contributed by atoms with Crippen molar-refractivity contribution in [3.63, 3.8) is 0 Å². The fourth-order valence-electron chi connectivity index (χ4n) is 1.40. The fourth-order valence-corrected chi connectivity index (χ4v) is 1.59. The van der Waals surface area contributed by atoms with Crippen molar-refractivity contribution < 1.29 is 9.53 Å². The summed E-state index contributed by atoms with van der Waals surface area (Å²) < 4.78 is 4.78. The Bertz CT molecular complexity index is 577. The van der Waals surface area contributed by atoms with Crippen LogP contribution in [-0.4, -0.2) is 27.5 Å². The highest BCUT2D eigenvalue weighted by molar-refractivity contribution is 6.33. The van der Waals surface area contributed by atoms with Crippen LogP contribution in [-0.2, 0) is 9.53 Å². The Labute approximate surface area is 102 Å².